The van der Waals surface area contributed by atoms with E-state index < -0.39 is 0 Å². The number of methoxy groups -OCH3 is 1. The lowest BCUT2D eigenvalue weighted by atomic mass is 9.84. The number of ketones is 2. The fourth-order valence-electron chi connectivity index (χ4n) is 9.28. The summed E-state index contributed by atoms with van der Waals surface area (Å²) in [5, 5.41) is 19.8. The number of hydrogen-bond acceptors (Lipinski definition) is 10. The van der Waals surface area contributed by atoms with Gasteiger partial charge >= 0.3 is 0 Å². The summed E-state index contributed by atoms with van der Waals surface area (Å²) in [6.07, 6.45) is 0. The SMILES string of the molecule is CNC(=O)c1cc2c(cc1C)CN(CC(=O)c1cc3c(c(C(C)(C)C)c1)OCCN3C)C2=N.COc1c(N2CCOCC2)cc(C(=O)CN2Cc3cc(C)c(C)c(F)c3C2=N)cc1C(C)(C)C. The van der Waals surface area contributed by atoms with Crippen LogP contribution in [0.2, 0.25) is 0 Å². The topological polar surface area (TPSA) is 152 Å². The molecule has 0 atom stereocenters. The van der Waals surface area contributed by atoms with Gasteiger partial charge in [0.05, 0.1) is 56.9 Å². The fraction of sp³-hybridized carbons (Fsp3) is 0.453. The zero-order chi connectivity index (χ0) is 48.9. The average Bonchev–Trinajstić information content (AvgIpc) is 3.76. The van der Waals surface area contributed by atoms with Crippen LogP contribution in [0.4, 0.5) is 15.8 Å². The van der Waals surface area contributed by atoms with E-state index in [1.807, 2.05) is 57.3 Å². The number of Topliss-reactive ketones (excluding diaryl/α,β-unsaturated/α-hetero) is 2. The third-order valence-corrected chi connectivity index (χ3v) is 13.3. The minimum absolute atomic E-state index is 0.0174. The Bertz CT molecular complexity index is 2680. The largest absolute Gasteiger partial charge is 0.494 e. The highest BCUT2D eigenvalue weighted by Crippen LogP contribution is 2.43. The van der Waals surface area contributed by atoms with Gasteiger partial charge in [0.25, 0.3) is 5.91 Å². The van der Waals surface area contributed by atoms with Crippen molar-refractivity contribution < 1.29 is 33.0 Å². The number of morpholine rings is 1. The maximum Gasteiger partial charge on any atom is 0.251 e. The monoisotopic (exact) mass is 916 g/mol. The van der Waals surface area contributed by atoms with Crippen molar-refractivity contribution in [2.75, 3.05) is 83.5 Å². The van der Waals surface area contributed by atoms with E-state index in [-0.39, 0.29) is 58.9 Å². The average molecular weight is 916 g/mol. The molecular weight excluding hydrogens is 850 g/mol. The van der Waals surface area contributed by atoms with Crippen molar-refractivity contribution in [2.45, 2.75) is 86.2 Å². The van der Waals surface area contributed by atoms with E-state index in [0.717, 1.165) is 75.9 Å². The van der Waals surface area contributed by atoms with E-state index >= 15 is 0 Å². The van der Waals surface area contributed by atoms with Gasteiger partial charge in [-0.15, -0.1) is 0 Å². The summed E-state index contributed by atoms with van der Waals surface area (Å²) < 4.78 is 32.2. The molecule has 356 valence electrons. The summed E-state index contributed by atoms with van der Waals surface area (Å²) in [6, 6.07) is 13.3. The molecule has 0 unspecified atom stereocenters. The molecule has 1 saturated heterocycles. The number of aryl methyl sites for hydroxylation is 2. The van der Waals surface area contributed by atoms with Crippen molar-refractivity contribution >= 4 is 40.5 Å². The second kappa shape index (κ2) is 18.8. The van der Waals surface area contributed by atoms with Crippen LogP contribution in [-0.4, -0.2) is 113 Å². The fourth-order valence-corrected chi connectivity index (χ4v) is 9.28. The van der Waals surface area contributed by atoms with E-state index in [9.17, 15) is 18.8 Å². The first-order valence-corrected chi connectivity index (χ1v) is 23.0. The maximum absolute atomic E-state index is 14.9. The van der Waals surface area contributed by atoms with Gasteiger partial charge < -0.3 is 39.1 Å². The van der Waals surface area contributed by atoms with Crippen LogP contribution in [0.5, 0.6) is 11.5 Å². The summed E-state index contributed by atoms with van der Waals surface area (Å²) in [6.45, 7) is 23.2. The molecule has 0 aliphatic carbocycles. The number of anilines is 2. The molecule has 67 heavy (non-hydrogen) atoms. The van der Waals surface area contributed by atoms with Crippen LogP contribution in [-0.2, 0) is 28.7 Å². The van der Waals surface area contributed by atoms with Gasteiger partial charge in [-0.1, -0.05) is 53.7 Å². The Morgan fingerprint density at radius 3 is 1.91 bits per heavy atom. The van der Waals surface area contributed by atoms with Crippen molar-refractivity contribution in [2.24, 2.45) is 0 Å². The second-order valence-electron chi connectivity index (χ2n) is 20.1. The lowest BCUT2D eigenvalue weighted by molar-refractivity contribution is 0.0954. The molecule has 0 radical (unpaired) electrons. The van der Waals surface area contributed by atoms with Gasteiger partial charge in [-0.2, -0.15) is 0 Å². The quantitative estimate of drug-likeness (QED) is 0.141. The highest BCUT2D eigenvalue weighted by atomic mass is 19.1. The van der Waals surface area contributed by atoms with Crippen molar-refractivity contribution in [3.05, 3.63) is 115 Å². The van der Waals surface area contributed by atoms with Crippen LogP contribution in [0.15, 0.2) is 42.5 Å². The number of ether oxygens (including phenoxy) is 3. The molecule has 1 fully saturated rings. The van der Waals surface area contributed by atoms with Crippen LogP contribution in [0.25, 0.3) is 0 Å². The highest BCUT2D eigenvalue weighted by Gasteiger charge is 2.34. The number of halogens is 1. The molecule has 4 heterocycles. The van der Waals surface area contributed by atoms with E-state index in [1.54, 1.807) is 36.9 Å². The summed E-state index contributed by atoms with van der Waals surface area (Å²) in [7, 11) is 5.27. The Hall–Kier alpha value is -6.28. The molecule has 0 saturated carbocycles. The number of nitrogens with one attached hydrogen (secondary N) is 3. The van der Waals surface area contributed by atoms with Crippen molar-refractivity contribution in [1.29, 1.82) is 10.8 Å². The van der Waals surface area contributed by atoms with Crippen LogP contribution in [0, 0.1) is 37.4 Å². The molecule has 1 amide bonds. The maximum atomic E-state index is 14.9. The number of amides is 1. The Balaban J connectivity index is 0.000000199. The van der Waals surface area contributed by atoms with Gasteiger partial charge in [-0.3, -0.25) is 25.2 Å². The zero-order valence-electron chi connectivity index (χ0n) is 41.2. The molecule has 13 nitrogen and oxygen atoms in total. The molecule has 0 bridgehead atoms. The minimum atomic E-state index is -0.357. The summed E-state index contributed by atoms with van der Waals surface area (Å²) in [5.74, 6) is 1.31. The molecular formula is C53H66FN7O6. The molecule has 3 N–H and O–H groups in total. The molecule has 0 spiro atoms. The van der Waals surface area contributed by atoms with Gasteiger partial charge in [-0.05, 0) is 89.8 Å². The smallest absolute Gasteiger partial charge is 0.251 e. The van der Waals surface area contributed by atoms with Gasteiger partial charge in [0.2, 0.25) is 0 Å². The number of amidine groups is 2. The van der Waals surface area contributed by atoms with E-state index in [0.29, 0.717) is 66.3 Å². The summed E-state index contributed by atoms with van der Waals surface area (Å²) in [4.78, 5) is 46.8. The van der Waals surface area contributed by atoms with Crippen LogP contribution >= 0.6 is 0 Å². The Morgan fingerprint density at radius 2 is 1.31 bits per heavy atom. The van der Waals surface area contributed by atoms with Crippen LogP contribution in [0.1, 0.15) is 123 Å². The van der Waals surface area contributed by atoms with Crippen molar-refractivity contribution in [3.8, 4) is 11.5 Å². The summed E-state index contributed by atoms with van der Waals surface area (Å²) in [5.41, 5.74) is 10.2. The van der Waals surface area contributed by atoms with Gasteiger partial charge in [0.1, 0.15) is 35.6 Å². The molecule has 4 aromatic carbocycles. The number of carbonyl (C=O) groups excluding carboxylic acids is 3. The lowest BCUT2D eigenvalue weighted by Gasteiger charge is -2.33. The molecule has 4 aliphatic rings. The number of hydrogen-bond donors (Lipinski definition) is 3. The zero-order valence-corrected chi connectivity index (χ0v) is 41.2. The number of rotatable bonds is 9. The van der Waals surface area contributed by atoms with Crippen molar-refractivity contribution in [3.63, 3.8) is 0 Å². The molecule has 14 heteroatoms. The Labute approximate surface area is 394 Å². The first-order valence-electron chi connectivity index (χ1n) is 23.0. The lowest BCUT2D eigenvalue weighted by Crippen LogP contribution is -2.37. The Morgan fingerprint density at radius 1 is 0.746 bits per heavy atom. The molecule has 4 aromatic rings. The third-order valence-electron chi connectivity index (χ3n) is 13.3. The molecule has 0 aromatic heterocycles. The first kappa shape index (κ1) is 48.6. The van der Waals surface area contributed by atoms with Gasteiger partial charge in [0.15, 0.2) is 11.6 Å². The van der Waals surface area contributed by atoms with Crippen LogP contribution in [0.3, 0.4) is 0 Å². The number of nitrogens with zero attached hydrogens (tertiary/aromatic N) is 4. The molecule has 4 aliphatic heterocycles. The minimum Gasteiger partial charge on any atom is -0.494 e. The van der Waals surface area contributed by atoms with E-state index in [4.69, 9.17) is 25.0 Å². The normalized spacial score (nSPS) is 15.7. The summed E-state index contributed by atoms with van der Waals surface area (Å²) >= 11 is 0. The standard InChI is InChI=1S/C27H34FN3O3.C26H32N4O3/c1-16-11-19-14-31(26(29)23(19)24(28)17(16)2)15-22(32)18-12-20(27(3,4)5)25(33-6)21(13-18)30-7-9-34-10-8-30;1-15-9-17-13-30(24(27)19(17)12-18(15)25(32)28-5)14-22(31)16-10-20(26(2,3)4)23-21(11-16)29(6)7-8-33-23/h11-13,29H,7-10,14-15H2,1-6H3;9-12,27H,7-8,13-14H2,1-6H3,(H,28,32). The predicted molar refractivity (Wildman–Crippen MR) is 262 cm³/mol. The first-order chi connectivity index (χ1) is 31.5. The predicted octanol–water partition coefficient (Wildman–Crippen LogP) is 8.11. The second-order valence-corrected chi connectivity index (χ2v) is 20.1. The number of likely N-dealkylation sites (N-methyl/N-ethyl adjacent to an activating group) is 1. The highest BCUT2D eigenvalue weighted by molar-refractivity contribution is 6.08. The van der Waals surface area contributed by atoms with E-state index in [1.165, 1.54) is 0 Å². The van der Waals surface area contributed by atoms with Gasteiger partial charge in [-0.25, -0.2) is 4.39 Å². The third kappa shape index (κ3) is 9.63. The van der Waals surface area contributed by atoms with Crippen molar-refractivity contribution in [1.82, 2.24) is 15.1 Å². The van der Waals surface area contributed by atoms with E-state index in [2.05, 4.69) is 56.7 Å². The van der Waals surface area contributed by atoms with Gasteiger partial charge in [0, 0.05) is 73.7 Å². The van der Waals surface area contributed by atoms with Crippen LogP contribution < -0.4 is 24.6 Å². The number of fused-ring (bicyclic) bond motifs is 3. The Kier molecular flexibility index (Phi) is 13.6. The number of carbonyl (C=O) groups is 3. The number of benzene rings is 4. The molecule has 8 rings (SSSR count).